The summed E-state index contributed by atoms with van der Waals surface area (Å²) >= 11 is 7.69. The van der Waals surface area contributed by atoms with Crippen molar-refractivity contribution in [3.05, 3.63) is 81.3 Å². The number of rotatable bonds is 8. The van der Waals surface area contributed by atoms with E-state index >= 15 is 0 Å². The number of ether oxygens (including phenoxy) is 1. The summed E-state index contributed by atoms with van der Waals surface area (Å²) in [4.78, 5) is 30.9. The van der Waals surface area contributed by atoms with E-state index in [1.807, 2.05) is 18.4 Å². The van der Waals surface area contributed by atoms with Gasteiger partial charge in [0.25, 0.3) is 0 Å². The van der Waals surface area contributed by atoms with Crippen LogP contribution in [0.5, 0.6) is 5.75 Å². The van der Waals surface area contributed by atoms with Crippen molar-refractivity contribution in [2.75, 3.05) is 31.6 Å². The molecule has 0 aliphatic carbocycles. The van der Waals surface area contributed by atoms with Crippen LogP contribution in [0.2, 0.25) is 5.02 Å². The largest absolute Gasteiger partial charge is 0.491 e. The first-order valence-electron chi connectivity index (χ1n) is 11.5. The van der Waals surface area contributed by atoms with Gasteiger partial charge in [0.15, 0.2) is 0 Å². The average Bonchev–Trinajstić information content (AvgIpc) is 3.31. The van der Waals surface area contributed by atoms with Crippen LogP contribution in [0.4, 0.5) is 14.9 Å². The monoisotopic (exact) mass is 515 g/mol. The highest BCUT2D eigenvalue weighted by Crippen LogP contribution is 2.34. The summed E-state index contributed by atoms with van der Waals surface area (Å²) in [5.74, 6) is -0.131. The molecule has 0 fully saturated rings. The number of urea groups is 1. The van der Waals surface area contributed by atoms with Gasteiger partial charge in [-0.15, -0.1) is 11.3 Å². The molecule has 1 aliphatic heterocycles. The van der Waals surface area contributed by atoms with E-state index in [4.69, 9.17) is 16.3 Å². The minimum absolute atomic E-state index is 0.0594. The molecular weight excluding hydrogens is 489 g/mol. The molecule has 35 heavy (non-hydrogen) atoms. The fraction of sp³-hybridized carbons (Fsp3) is 0.308. The predicted molar refractivity (Wildman–Crippen MR) is 137 cm³/mol. The Labute approximate surface area is 213 Å². The second-order valence-corrected chi connectivity index (χ2v) is 9.72. The van der Waals surface area contributed by atoms with E-state index in [0.29, 0.717) is 36.0 Å². The third kappa shape index (κ3) is 6.32. The zero-order valence-corrected chi connectivity index (χ0v) is 20.9. The van der Waals surface area contributed by atoms with Gasteiger partial charge < -0.3 is 19.9 Å². The van der Waals surface area contributed by atoms with E-state index in [-0.39, 0.29) is 36.9 Å². The number of amides is 3. The van der Waals surface area contributed by atoms with E-state index in [0.717, 1.165) is 12.0 Å². The number of anilines is 1. The number of nitrogens with one attached hydrogen (secondary N) is 1. The molecule has 184 valence electrons. The lowest BCUT2D eigenvalue weighted by atomic mass is 10.0. The Hall–Kier alpha value is -3.10. The SMILES string of the molecule is CCCN(CC(=O)N1CCc2sccc2[C@H]1COc1cccc(F)c1)C(=O)Nc1cccc(Cl)c1. The van der Waals surface area contributed by atoms with Gasteiger partial charge in [-0.05, 0) is 60.2 Å². The second-order valence-electron chi connectivity index (χ2n) is 8.28. The molecule has 3 aromatic rings. The van der Waals surface area contributed by atoms with Crippen LogP contribution in [0.25, 0.3) is 0 Å². The molecule has 2 aromatic carbocycles. The molecule has 1 aliphatic rings. The van der Waals surface area contributed by atoms with Gasteiger partial charge in [-0.3, -0.25) is 4.79 Å². The predicted octanol–water partition coefficient (Wildman–Crippen LogP) is 5.99. The number of carbonyl (C=O) groups excluding carboxylic acids is 2. The van der Waals surface area contributed by atoms with Crippen LogP contribution in [0.1, 0.15) is 29.8 Å². The molecule has 1 aromatic heterocycles. The third-order valence-electron chi connectivity index (χ3n) is 5.80. The lowest BCUT2D eigenvalue weighted by Gasteiger charge is -2.37. The minimum Gasteiger partial charge on any atom is -0.491 e. The number of hydrogen-bond acceptors (Lipinski definition) is 4. The van der Waals surface area contributed by atoms with Crippen molar-refractivity contribution >= 4 is 40.6 Å². The summed E-state index contributed by atoms with van der Waals surface area (Å²) in [6.07, 6.45) is 1.45. The summed E-state index contributed by atoms with van der Waals surface area (Å²) in [6, 6.07) is 14.2. The molecular formula is C26H27ClFN3O3S. The van der Waals surface area contributed by atoms with Crippen molar-refractivity contribution in [1.82, 2.24) is 9.80 Å². The van der Waals surface area contributed by atoms with E-state index in [1.54, 1.807) is 52.6 Å². The van der Waals surface area contributed by atoms with Crippen molar-refractivity contribution < 1.29 is 18.7 Å². The molecule has 6 nitrogen and oxygen atoms in total. The van der Waals surface area contributed by atoms with Crippen molar-refractivity contribution in [2.45, 2.75) is 25.8 Å². The number of fused-ring (bicyclic) bond motifs is 1. The molecule has 4 rings (SSSR count). The maximum Gasteiger partial charge on any atom is 0.322 e. The molecule has 9 heteroatoms. The van der Waals surface area contributed by atoms with Crippen LogP contribution < -0.4 is 10.1 Å². The van der Waals surface area contributed by atoms with Gasteiger partial charge in [-0.2, -0.15) is 0 Å². The van der Waals surface area contributed by atoms with Crippen LogP contribution in [-0.4, -0.2) is 48.0 Å². The van der Waals surface area contributed by atoms with Gasteiger partial charge in [0.1, 0.15) is 24.7 Å². The van der Waals surface area contributed by atoms with Gasteiger partial charge >= 0.3 is 6.03 Å². The van der Waals surface area contributed by atoms with Gasteiger partial charge in [-0.1, -0.05) is 30.7 Å². The zero-order chi connectivity index (χ0) is 24.8. The number of thiophene rings is 1. The summed E-state index contributed by atoms with van der Waals surface area (Å²) in [5, 5.41) is 5.35. The summed E-state index contributed by atoms with van der Waals surface area (Å²) < 4.78 is 19.5. The average molecular weight is 516 g/mol. The Kier molecular flexibility index (Phi) is 8.25. The molecule has 1 N–H and O–H groups in total. The van der Waals surface area contributed by atoms with Crippen molar-refractivity contribution in [2.24, 2.45) is 0 Å². The zero-order valence-electron chi connectivity index (χ0n) is 19.4. The minimum atomic E-state index is -0.378. The first-order chi connectivity index (χ1) is 16.9. The van der Waals surface area contributed by atoms with Crippen LogP contribution in [0.15, 0.2) is 60.0 Å². The first-order valence-corrected chi connectivity index (χ1v) is 12.8. The molecule has 0 unspecified atom stereocenters. The molecule has 3 amide bonds. The molecule has 2 heterocycles. The second kappa shape index (κ2) is 11.6. The fourth-order valence-corrected chi connectivity index (χ4v) is 5.27. The number of benzene rings is 2. The highest BCUT2D eigenvalue weighted by atomic mass is 35.5. The number of nitrogens with zero attached hydrogens (tertiary/aromatic N) is 2. The maximum absolute atomic E-state index is 13.6. The molecule has 0 radical (unpaired) electrons. The van der Waals surface area contributed by atoms with Crippen molar-refractivity contribution in [1.29, 1.82) is 0 Å². The summed E-state index contributed by atoms with van der Waals surface area (Å²) in [5.41, 5.74) is 1.61. The topological polar surface area (TPSA) is 61.9 Å². The molecule has 0 saturated carbocycles. The van der Waals surface area contributed by atoms with Crippen LogP contribution >= 0.6 is 22.9 Å². The number of carbonyl (C=O) groups is 2. The Bertz CT molecular complexity index is 1190. The smallest absolute Gasteiger partial charge is 0.322 e. The first kappa shape index (κ1) is 25.0. The van der Waals surface area contributed by atoms with E-state index in [9.17, 15) is 14.0 Å². The van der Waals surface area contributed by atoms with E-state index in [2.05, 4.69) is 5.32 Å². The molecule has 0 spiro atoms. The Morgan fingerprint density at radius 1 is 1.23 bits per heavy atom. The van der Waals surface area contributed by atoms with Crippen molar-refractivity contribution in [3.8, 4) is 5.75 Å². The van der Waals surface area contributed by atoms with Gasteiger partial charge in [0, 0.05) is 34.7 Å². The molecule has 0 saturated heterocycles. The normalized spacial score (nSPS) is 14.8. The fourth-order valence-electron chi connectivity index (χ4n) is 4.15. The summed E-state index contributed by atoms with van der Waals surface area (Å²) in [7, 11) is 0. The van der Waals surface area contributed by atoms with Gasteiger partial charge in [0.2, 0.25) is 5.91 Å². The number of halogens is 2. The van der Waals surface area contributed by atoms with Crippen molar-refractivity contribution in [3.63, 3.8) is 0 Å². The van der Waals surface area contributed by atoms with Gasteiger partial charge in [0.05, 0.1) is 6.04 Å². The summed E-state index contributed by atoms with van der Waals surface area (Å²) in [6.45, 7) is 3.05. The number of hydrogen-bond donors (Lipinski definition) is 1. The Morgan fingerprint density at radius 3 is 2.83 bits per heavy atom. The maximum atomic E-state index is 13.6. The van der Waals surface area contributed by atoms with Crippen LogP contribution in [0, 0.1) is 5.82 Å². The van der Waals surface area contributed by atoms with Crippen LogP contribution in [0.3, 0.4) is 0 Å². The molecule has 1 atom stereocenters. The van der Waals surface area contributed by atoms with E-state index < -0.39 is 0 Å². The third-order valence-corrected chi connectivity index (χ3v) is 7.03. The van der Waals surface area contributed by atoms with Crippen LogP contribution in [-0.2, 0) is 11.2 Å². The lowest BCUT2D eigenvalue weighted by molar-refractivity contribution is -0.135. The highest BCUT2D eigenvalue weighted by molar-refractivity contribution is 7.10. The Morgan fingerprint density at radius 2 is 2.06 bits per heavy atom. The highest BCUT2D eigenvalue weighted by Gasteiger charge is 2.33. The van der Waals surface area contributed by atoms with E-state index in [1.165, 1.54) is 21.9 Å². The Balaban J connectivity index is 1.48. The van der Waals surface area contributed by atoms with Gasteiger partial charge in [-0.25, -0.2) is 9.18 Å². The lowest BCUT2D eigenvalue weighted by Crippen LogP contribution is -2.48. The quantitative estimate of drug-likeness (QED) is 0.401. The molecule has 0 bridgehead atoms. The standard InChI is InChI=1S/C26H27ClFN3O3S/c1-2-11-30(26(33)29-20-7-3-5-18(27)14-20)16-25(32)31-12-9-24-22(10-13-35-24)23(31)17-34-21-8-4-6-19(28)15-21/h3-8,10,13-15,23H,2,9,11-12,16-17H2,1H3,(H,29,33)/t23-/m1/s1.